The van der Waals surface area contributed by atoms with Crippen molar-refractivity contribution in [1.29, 1.82) is 0 Å². The molecule has 3 rings (SSSR count). The average Bonchev–Trinajstić information content (AvgIpc) is 3.17. The fourth-order valence-electron chi connectivity index (χ4n) is 2.63. The highest BCUT2D eigenvalue weighted by molar-refractivity contribution is 6.62. The molecule has 0 unspecified atom stereocenters. The zero-order chi connectivity index (χ0) is 15.3. The van der Waals surface area contributed by atoms with Crippen molar-refractivity contribution in [2.24, 2.45) is 0 Å². The van der Waals surface area contributed by atoms with Gasteiger partial charge in [0.15, 0.2) is 0 Å². The largest absolute Gasteiger partial charge is 0.495 e. The molecule has 0 amide bonds. The Balaban J connectivity index is 1.91. The van der Waals surface area contributed by atoms with E-state index in [0.717, 1.165) is 17.6 Å². The van der Waals surface area contributed by atoms with Gasteiger partial charge in [-0.2, -0.15) is 0 Å². The van der Waals surface area contributed by atoms with E-state index < -0.39 is 0 Å². The third-order valence-corrected chi connectivity index (χ3v) is 4.85. The summed E-state index contributed by atoms with van der Waals surface area (Å²) < 4.78 is 18.4. The fourth-order valence-corrected chi connectivity index (χ4v) is 2.63. The maximum atomic E-state index is 6.19. The normalized spacial score (nSPS) is 23.4. The Morgan fingerprint density at radius 3 is 2.29 bits per heavy atom. The first-order chi connectivity index (χ1) is 9.84. The summed E-state index contributed by atoms with van der Waals surface area (Å²) >= 11 is 0. The Morgan fingerprint density at radius 1 is 1.14 bits per heavy atom. The third-order valence-electron chi connectivity index (χ3n) is 4.85. The van der Waals surface area contributed by atoms with Gasteiger partial charge in [-0.15, -0.1) is 0 Å². The van der Waals surface area contributed by atoms with Crippen LogP contribution in [0.25, 0.3) is 0 Å². The topological polar surface area (TPSA) is 27.7 Å². The van der Waals surface area contributed by atoms with Crippen molar-refractivity contribution < 1.29 is 14.0 Å². The van der Waals surface area contributed by atoms with Crippen LogP contribution in [0.15, 0.2) is 18.2 Å². The van der Waals surface area contributed by atoms with E-state index in [9.17, 15) is 0 Å². The Kier molecular flexibility index (Phi) is 3.57. The number of benzene rings is 1. The summed E-state index contributed by atoms with van der Waals surface area (Å²) in [6.07, 6.45) is 3.67. The van der Waals surface area contributed by atoms with Crippen molar-refractivity contribution in [2.45, 2.75) is 71.2 Å². The lowest BCUT2D eigenvalue weighted by molar-refractivity contribution is 0.00578. The van der Waals surface area contributed by atoms with E-state index in [1.807, 2.05) is 6.07 Å². The fraction of sp³-hybridized carbons (Fsp3) is 0.647. The number of hydrogen-bond acceptors (Lipinski definition) is 3. The van der Waals surface area contributed by atoms with E-state index >= 15 is 0 Å². The minimum absolute atomic E-state index is 0.309. The molecule has 1 aliphatic heterocycles. The molecule has 1 aromatic rings. The Bertz CT molecular complexity index is 519. The highest BCUT2D eigenvalue weighted by Crippen LogP contribution is 2.37. The minimum atomic E-state index is -0.312. The summed E-state index contributed by atoms with van der Waals surface area (Å²) in [6, 6.07) is 6.20. The van der Waals surface area contributed by atoms with Gasteiger partial charge >= 0.3 is 7.12 Å². The molecule has 4 heteroatoms. The van der Waals surface area contributed by atoms with Crippen molar-refractivity contribution in [3.63, 3.8) is 0 Å². The van der Waals surface area contributed by atoms with Crippen LogP contribution in [0.2, 0.25) is 0 Å². The second-order valence-electron chi connectivity index (χ2n) is 7.08. The second-order valence-corrected chi connectivity index (χ2v) is 7.08. The Hall–Kier alpha value is -0.995. The molecule has 3 nitrogen and oxygen atoms in total. The highest BCUT2D eigenvalue weighted by atomic mass is 16.7. The predicted octanol–water partition coefficient (Wildman–Crippen LogP) is 3.09. The summed E-state index contributed by atoms with van der Waals surface area (Å²) in [7, 11) is -0.312. The second kappa shape index (κ2) is 5.03. The quantitative estimate of drug-likeness (QED) is 0.797. The molecule has 1 saturated carbocycles. The zero-order valence-electron chi connectivity index (χ0n) is 13.7. The number of ether oxygens (including phenoxy) is 1. The predicted molar refractivity (Wildman–Crippen MR) is 85.2 cm³/mol. The van der Waals surface area contributed by atoms with Gasteiger partial charge in [0.1, 0.15) is 5.75 Å². The first-order valence-corrected chi connectivity index (χ1v) is 7.98. The highest BCUT2D eigenvalue weighted by Gasteiger charge is 2.52. The lowest BCUT2D eigenvalue weighted by Gasteiger charge is -2.32. The summed E-state index contributed by atoms with van der Waals surface area (Å²) in [6.45, 7) is 10.5. The molecule has 1 heterocycles. The van der Waals surface area contributed by atoms with Gasteiger partial charge in [-0.3, -0.25) is 0 Å². The van der Waals surface area contributed by atoms with E-state index in [0.29, 0.717) is 6.10 Å². The van der Waals surface area contributed by atoms with E-state index in [1.54, 1.807) is 0 Å². The molecule has 114 valence electrons. The Morgan fingerprint density at radius 2 is 1.76 bits per heavy atom. The van der Waals surface area contributed by atoms with Crippen LogP contribution in [0.4, 0.5) is 0 Å². The molecule has 0 aromatic heterocycles. The standard InChI is InChI=1S/C17H25BO3/c1-6-13-14(8-7-9-15(13)19-12-10-11-12)18-20-16(2,3)17(4,5)21-18/h7-9,12H,6,10-11H2,1-5H3. The molecule has 0 atom stereocenters. The number of hydrogen-bond donors (Lipinski definition) is 0. The monoisotopic (exact) mass is 288 g/mol. The molecule has 0 N–H and O–H groups in total. The molecule has 2 fully saturated rings. The van der Waals surface area contributed by atoms with Crippen LogP contribution in [0.1, 0.15) is 53.0 Å². The lowest BCUT2D eigenvalue weighted by atomic mass is 9.75. The van der Waals surface area contributed by atoms with Crippen LogP contribution in [0.5, 0.6) is 5.75 Å². The van der Waals surface area contributed by atoms with Gasteiger partial charge in [-0.1, -0.05) is 19.1 Å². The summed E-state index contributed by atoms with van der Waals surface area (Å²) in [5, 5.41) is 0. The summed E-state index contributed by atoms with van der Waals surface area (Å²) in [5.74, 6) is 0.993. The van der Waals surface area contributed by atoms with E-state index in [2.05, 4.69) is 46.8 Å². The van der Waals surface area contributed by atoms with Gasteiger partial charge in [0.2, 0.25) is 0 Å². The summed E-state index contributed by atoms with van der Waals surface area (Å²) in [5.41, 5.74) is 1.70. The van der Waals surface area contributed by atoms with Crippen molar-refractivity contribution in [2.75, 3.05) is 0 Å². The van der Waals surface area contributed by atoms with E-state index in [-0.39, 0.29) is 18.3 Å². The maximum Gasteiger partial charge on any atom is 0.495 e. The van der Waals surface area contributed by atoms with Crippen LogP contribution in [0.3, 0.4) is 0 Å². The molecule has 0 spiro atoms. The lowest BCUT2D eigenvalue weighted by Crippen LogP contribution is -2.41. The van der Waals surface area contributed by atoms with Crippen LogP contribution >= 0.6 is 0 Å². The molecular weight excluding hydrogens is 263 g/mol. The van der Waals surface area contributed by atoms with Crippen LogP contribution < -0.4 is 10.2 Å². The molecule has 1 aliphatic carbocycles. The van der Waals surface area contributed by atoms with Crippen LogP contribution in [-0.2, 0) is 15.7 Å². The van der Waals surface area contributed by atoms with Crippen LogP contribution in [-0.4, -0.2) is 24.4 Å². The van der Waals surface area contributed by atoms with Gasteiger partial charge in [0.05, 0.1) is 17.3 Å². The maximum absolute atomic E-state index is 6.19. The van der Waals surface area contributed by atoms with Gasteiger partial charge in [-0.05, 0) is 64.1 Å². The Labute approximate surface area is 128 Å². The van der Waals surface area contributed by atoms with E-state index in [1.165, 1.54) is 18.4 Å². The number of rotatable bonds is 4. The molecule has 2 aliphatic rings. The average molecular weight is 288 g/mol. The van der Waals surface area contributed by atoms with Crippen molar-refractivity contribution in [1.82, 2.24) is 0 Å². The third kappa shape index (κ3) is 2.71. The SMILES string of the molecule is CCc1c(OC2CC2)cccc1B1OC(C)(C)C(C)(C)O1. The van der Waals surface area contributed by atoms with Crippen LogP contribution in [0, 0.1) is 0 Å². The molecular formula is C17H25BO3. The molecule has 21 heavy (non-hydrogen) atoms. The first-order valence-electron chi connectivity index (χ1n) is 7.98. The molecule has 0 bridgehead atoms. The zero-order valence-corrected chi connectivity index (χ0v) is 13.7. The smallest absolute Gasteiger partial charge is 0.490 e. The summed E-state index contributed by atoms with van der Waals surface area (Å²) in [4.78, 5) is 0. The molecule has 1 saturated heterocycles. The molecule has 1 aromatic carbocycles. The van der Waals surface area contributed by atoms with Gasteiger partial charge < -0.3 is 14.0 Å². The minimum Gasteiger partial charge on any atom is -0.490 e. The van der Waals surface area contributed by atoms with Gasteiger partial charge in [-0.25, -0.2) is 0 Å². The van der Waals surface area contributed by atoms with Crippen molar-refractivity contribution in [3.05, 3.63) is 23.8 Å². The van der Waals surface area contributed by atoms with E-state index in [4.69, 9.17) is 14.0 Å². The van der Waals surface area contributed by atoms with Gasteiger partial charge in [0.25, 0.3) is 0 Å². The molecule has 0 radical (unpaired) electrons. The van der Waals surface area contributed by atoms with Crippen molar-refractivity contribution in [3.8, 4) is 5.75 Å². The van der Waals surface area contributed by atoms with Gasteiger partial charge in [0, 0.05) is 0 Å². The van der Waals surface area contributed by atoms with Crippen molar-refractivity contribution >= 4 is 12.6 Å². The first kappa shape index (κ1) is 14.9.